The van der Waals surface area contributed by atoms with Crippen LogP contribution in [0.3, 0.4) is 0 Å². The van der Waals surface area contributed by atoms with Crippen molar-refractivity contribution in [2.45, 2.75) is 38.9 Å². The van der Waals surface area contributed by atoms with Gasteiger partial charge in [0.15, 0.2) is 0 Å². The summed E-state index contributed by atoms with van der Waals surface area (Å²) in [5.74, 6) is 0.164. The molecule has 1 aromatic heterocycles. The standard InChI is InChI=1S/C15H20N4O/c1-2-19-14-6-4-3-5-12(14)13(18-19)10-16-9-11-7-8-15(20)17-11/h3-6,11,16H,2,7-10H2,1H3,(H,17,20). The number of nitrogens with one attached hydrogen (secondary N) is 2. The Morgan fingerprint density at radius 2 is 2.30 bits per heavy atom. The van der Waals surface area contributed by atoms with Gasteiger partial charge < -0.3 is 10.6 Å². The Balaban J connectivity index is 1.67. The molecule has 1 aromatic carbocycles. The number of fused-ring (bicyclic) bond motifs is 1. The van der Waals surface area contributed by atoms with Crippen LogP contribution in [-0.2, 0) is 17.9 Å². The Hall–Kier alpha value is -1.88. The highest BCUT2D eigenvalue weighted by Crippen LogP contribution is 2.18. The Kier molecular flexibility index (Phi) is 3.69. The summed E-state index contributed by atoms with van der Waals surface area (Å²) in [6.07, 6.45) is 1.58. The third-order valence-electron chi connectivity index (χ3n) is 3.80. The molecule has 0 spiro atoms. The molecule has 2 heterocycles. The fourth-order valence-electron chi connectivity index (χ4n) is 2.76. The molecule has 3 rings (SSSR count). The number of carbonyl (C=O) groups excluding carboxylic acids is 1. The molecule has 106 valence electrons. The number of benzene rings is 1. The highest BCUT2D eigenvalue weighted by atomic mass is 16.1. The van der Waals surface area contributed by atoms with Crippen molar-refractivity contribution in [3.05, 3.63) is 30.0 Å². The quantitative estimate of drug-likeness (QED) is 0.865. The number of carbonyl (C=O) groups is 1. The molecule has 2 aromatic rings. The molecule has 20 heavy (non-hydrogen) atoms. The molecule has 1 saturated heterocycles. The zero-order valence-corrected chi connectivity index (χ0v) is 11.7. The molecule has 1 aliphatic heterocycles. The molecule has 1 fully saturated rings. The normalized spacial score (nSPS) is 18.6. The van der Waals surface area contributed by atoms with Crippen molar-refractivity contribution in [3.63, 3.8) is 0 Å². The van der Waals surface area contributed by atoms with Crippen LogP contribution in [-0.4, -0.2) is 28.3 Å². The van der Waals surface area contributed by atoms with E-state index in [1.165, 1.54) is 10.9 Å². The maximum absolute atomic E-state index is 11.1. The third kappa shape index (κ3) is 2.54. The number of rotatable bonds is 5. The molecule has 5 heteroatoms. The highest BCUT2D eigenvalue weighted by Gasteiger charge is 2.20. The van der Waals surface area contributed by atoms with Crippen LogP contribution in [0.5, 0.6) is 0 Å². The first-order chi connectivity index (χ1) is 9.78. The Labute approximate surface area is 118 Å². The molecule has 1 atom stereocenters. The van der Waals surface area contributed by atoms with Gasteiger partial charge in [-0.15, -0.1) is 0 Å². The Morgan fingerprint density at radius 1 is 1.45 bits per heavy atom. The predicted molar refractivity (Wildman–Crippen MR) is 78.3 cm³/mol. The van der Waals surface area contributed by atoms with E-state index in [1.807, 2.05) is 16.8 Å². The van der Waals surface area contributed by atoms with Crippen molar-refractivity contribution < 1.29 is 4.79 Å². The summed E-state index contributed by atoms with van der Waals surface area (Å²) < 4.78 is 2.03. The summed E-state index contributed by atoms with van der Waals surface area (Å²) in [7, 11) is 0. The summed E-state index contributed by atoms with van der Waals surface area (Å²) in [4.78, 5) is 11.1. The van der Waals surface area contributed by atoms with Gasteiger partial charge in [0.1, 0.15) is 0 Å². The molecule has 5 nitrogen and oxygen atoms in total. The number of hydrogen-bond acceptors (Lipinski definition) is 3. The molecule has 1 aliphatic rings. The first kappa shape index (κ1) is 13.1. The predicted octanol–water partition coefficient (Wildman–Crippen LogP) is 1.42. The van der Waals surface area contributed by atoms with Gasteiger partial charge in [0.25, 0.3) is 0 Å². The summed E-state index contributed by atoms with van der Waals surface area (Å²) >= 11 is 0. The number of aryl methyl sites for hydroxylation is 1. The largest absolute Gasteiger partial charge is 0.352 e. The van der Waals surface area contributed by atoms with Gasteiger partial charge in [0, 0.05) is 37.5 Å². The third-order valence-corrected chi connectivity index (χ3v) is 3.80. The summed E-state index contributed by atoms with van der Waals surface area (Å²) in [5, 5.41) is 12.2. The van der Waals surface area contributed by atoms with E-state index in [2.05, 4.69) is 34.8 Å². The van der Waals surface area contributed by atoms with Crippen molar-refractivity contribution in [3.8, 4) is 0 Å². The fourth-order valence-corrected chi connectivity index (χ4v) is 2.76. The molecular formula is C15H20N4O. The topological polar surface area (TPSA) is 59.0 Å². The SMILES string of the molecule is CCn1nc(CNCC2CCC(=O)N2)c2ccccc21. The smallest absolute Gasteiger partial charge is 0.220 e. The van der Waals surface area contributed by atoms with Crippen molar-refractivity contribution >= 4 is 16.8 Å². The van der Waals surface area contributed by atoms with Gasteiger partial charge >= 0.3 is 0 Å². The van der Waals surface area contributed by atoms with Gasteiger partial charge in [0.05, 0.1) is 11.2 Å². The number of aromatic nitrogens is 2. The minimum atomic E-state index is 0.164. The van der Waals surface area contributed by atoms with Crippen molar-refractivity contribution in [2.75, 3.05) is 6.54 Å². The molecule has 0 bridgehead atoms. The lowest BCUT2D eigenvalue weighted by Gasteiger charge is -2.10. The van der Waals surface area contributed by atoms with E-state index in [0.717, 1.165) is 31.7 Å². The summed E-state index contributed by atoms with van der Waals surface area (Å²) in [6.45, 7) is 4.52. The molecule has 1 amide bonds. The van der Waals surface area contributed by atoms with Gasteiger partial charge in [-0.25, -0.2) is 0 Å². The van der Waals surface area contributed by atoms with Crippen molar-refractivity contribution in [2.24, 2.45) is 0 Å². The lowest BCUT2D eigenvalue weighted by Crippen LogP contribution is -2.35. The second-order valence-corrected chi connectivity index (χ2v) is 5.21. The van der Waals surface area contributed by atoms with Crippen molar-refractivity contribution in [1.82, 2.24) is 20.4 Å². The Morgan fingerprint density at radius 3 is 3.05 bits per heavy atom. The highest BCUT2D eigenvalue weighted by molar-refractivity contribution is 5.82. The lowest BCUT2D eigenvalue weighted by molar-refractivity contribution is -0.119. The molecular weight excluding hydrogens is 252 g/mol. The van der Waals surface area contributed by atoms with Gasteiger partial charge in [-0.2, -0.15) is 5.10 Å². The average molecular weight is 272 g/mol. The van der Waals surface area contributed by atoms with E-state index >= 15 is 0 Å². The number of amides is 1. The van der Waals surface area contributed by atoms with E-state index < -0.39 is 0 Å². The second kappa shape index (κ2) is 5.63. The van der Waals surface area contributed by atoms with Crippen LogP contribution < -0.4 is 10.6 Å². The zero-order valence-electron chi connectivity index (χ0n) is 11.7. The minimum absolute atomic E-state index is 0.164. The monoisotopic (exact) mass is 272 g/mol. The number of para-hydroxylation sites is 1. The van der Waals surface area contributed by atoms with E-state index in [-0.39, 0.29) is 11.9 Å². The van der Waals surface area contributed by atoms with Gasteiger partial charge in [-0.05, 0) is 19.4 Å². The van der Waals surface area contributed by atoms with Crippen LogP contribution in [0.2, 0.25) is 0 Å². The van der Waals surface area contributed by atoms with Crippen LogP contribution in [0.25, 0.3) is 10.9 Å². The minimum Gasteiger partial charge on any atom is -0.352 e. The van der Waals surface area contributed by atoms with Crippen LogP contribution in [0.15, 0.2) is 24.3 Å². The Bertz CT molecular complexity index is 619. The van der Waals surface area contributed by atoms with E-state index in [1.54, 1.807) is 0 Å². The number of nitrogens with zero attached hydrogens (tertiary/aromatic N) is 2. The fraction of sp³-hybridized carbons (Fsp3) is 0.467. The van der Waals surface area contributed by atoms with Crippen LogP contribution in [0.1, 0.15) is 25.5 Å². The molecule has 1 unspecified atom stereocenters. The van der Waals surface area contributed by atoms with Gasteiger partial charge in [-0.1, -0.05) is 18.2 Å². The van der Waals surface area contributed by atoms with Crippen LogP contribution in [0, 0.1) is 0 Å². The van der Waals surface area contributed by atoms with Crippen LogP contribution >= 0.6 is 0 Å². The summed E-state index contributed by atoms with van der Waals surface area (Å²) in [5.41, 5.74) is 2.26. The van der Waals surface area contributed by atoms with Crippen molar-refractivity contribution in [1.29, 1.82) is 0 Å². The van der Waals surface area contributed by atoms with Gasteiger partial charge in [-0.3, -0.25) is 9.48 Å². The zero-order chi connectivity index (χ0) is 13.9. The molecule has 2 N–H and O–H groups in total. The second-order valence-electron chi connectivity index (χ2n) is 5.21. The maximum atomic E-state index is 11.1. The summed E-state index contributed by atoms with van der Waals surface area (Å²) in [6, 6.07) is 8.57. The molecule has 0 aliphatic carbocycles. The lowest BCUT2D eigenvalue weighted by atomic mass is 10.2. The van der Waals surface area contributed by atoms with E-state index in [9.17, 15) is 4.79 Å². The molecule has 0 radical (unpaired) electrons. The van der Waals surface area contributed by atoms with Gasteiger partial charge in [0.2, 0.25) is 5.91 Å². The maximum Gasteiger partial charge on any atom is 0.220 e. The first-order valence-corrected chi connectivity index (χ1v) is 7.22. The van der Waals surface area contributed by atoms with E-state index in [0.29, 0.717) is 6.42 Å². The first-order valence-electron chi connectivity index (χ1n) is 7.22. The molecule has 0 saturated carbocycles. The average Bonchev–Trinajstić information content (AvgIpc) is 3.03. The number of hydrogen-bond donors (Lipinski definition) is 2. The van der Waals surface area contributed by atoms with Crippen LogP contribution in [0.4, 0.5) is 0 Å². The van der Waals surface area contributed by atoms with E-state index in [4.69, 9.17) is 0 Å².